The summed E-state index contributed by atoms with van der Waals surface area (Å²) >= 11 is 0. The van der Waals surface area contributed by atoms with Crippen LogP contribution in [0.15, 0.2) is 12.1 Å². The second kappa shape index (κ2) is 5.28. The molecule has 1 fully saturated rings. The normalized spacial score (nSPS) is 17.7. The SMILES string of the molecule is COc1ccc2nc(N)n(CC(C)N3CCCC3)c2n1. The maximum atomic E-state index is 6.04. The molecule has 2 N–H and O–H groups in total. The van der Waals surface area contributed by atoms with E-state index in [0.717, 1.165) is 17.7 Å². The minimum absolute atomic E-state index is 0.435. The fourth-order valence-electron chi connectivity index (χ4n) is 2.86. The zero-order valence-corrected chi connectivity index (χ0v) is 12.0. The summed E-state index contributed by atoms with van der Waals surface area (Å²) in [5.41, 5.74) is 7.66. The van der Waals surface area contributed by atoms with Crippen molar-refractivity contribution < 1.29 is 4.74 Å². The molecule has 1 unspecified atom stereocenters. The van der Waals surface area contributed by atoms with Crippen LogP contribution in [-0.4, -0.2) is 45.7 Å². The van der Waals surface area contributed by atoms with Crippen molar-refractivity contribution in [1.29, 1.82) is 0 Å². The summed E-state index contributed by atoms with van der Waals surface area (Å²) in [5.74, 6) is 1.11. The highest BCUT2D eigenvalue weighted by atomic mass is 16.5. The number of imidazole rings is 1. The van der Waals surface area contributed by atoms with Gasteiger partial charge in [-0.3, -0.25) is 9.47 Å². The molecule has 2 aromatic heterocycles. The van der Waals surface area contributed by atoms with Crippen molar-refractivity contribution >= 4 is 17.1 Å². The van der Waals surface area contributed by atoms with Crippen molar-refractivity contribution in [3.63, 3.8) is 0 Å². The summed E-state index contributed by atoms with van der Waals surface area (Å²) in [5, 5.41) is 0. The lowest BCUT2D eigenvalue weighted by atomic mass is 10.3. The number of aromatic nitrogens is 3. The van der Waals surface area contributed by atoms with Gasteiger partial charge in [0.05, 0.1) is 7.11 Å². The Morgan fingerprint density at radius 1 is 1.30 bits per heavy atom. The van der Waals surface area contributed by atoms with Crippen molar-refractivity contribution in [2.24, 2.45) is 0 Å². The molecule has 3 rings (SSSR count). The topological polar surface area (TPSA) is 69.2 Å². The van der Waals surface area contributed by atoms with Gasteiger partial charge in [-0.2, -0.15) is 4.98 Å². The molecule has 0 radical (unpaired) electrons. The molecular formula is C14H21N5O. The number of likely N-dealkylation sites (tertiary alicyclic amines) is 1. The van der Waals surface area contributed by atoms with E-state index in [0.29, 0.717) is 17.9 Å². The summed E-state index contributed by atoms with van der Waals surface area (Å²) in [6.07, 6.45) is 2.58. The van der Waals surface area contributed by atoms with Crippen LogP contribution in [0.4, 0.5) is 5.95 Å². The van der Waals surface area contributed by atoms with Crippen LogP contribution in [0.3, 0.4) is 0 Å². The van der Waals surface area contributed by atoms with Gasteiger partial charge in [0.15, 0.2) is 5.65 Å². The van der Waals surface area contributed by atoms with Crippen LogP contribution in [0.2, 0.25) is 0 Å². The van der Waals surface area contributed by atoms with Crippen LogP contribution in [0, 0.1) is 0 Å². The quantitative estimate of drug-likeness (QED) is 0.916. The Morgan fingerprint density at radius 3 is 2.75 bits per heavy atom. The van der Waals surface area contributed by atoms with Gasteiger partial charge in [-0.1, -0.05) is 0 Å². The molecule has 20 heavy (non-hydrogen) atoms. The Balaban J connectivity index is 1.91. The van der Waals surface area contributed by atoms with Crippen LogP contribution >= 0.6 is 0 Å². The van der Waals surface area contributed by atoms with Gasteiger partial charge in [-0.25, -0.2) is 4.98 Å². The highest BCUT2D eigenvalue weighted by Gasteiger charge is 2.20. The largest absolute Gasteiger partial charge is 0.481 e. The number of hydrogen-bond acceptors (Lipinski definition) is 5. The van der Waals surface area contributed by atoms with E-state index in [-0.39, 0.29) is 0 Å². The van der Waals surface area contributed by atoms with Crippen molar-refractivity contribution in [1.82, 2.24) is 19.4 Å². The van der Waals surface area contributed by atoms with Crippen LogP contribution in [0.1, 0.15) is 19.8 Å². The fraction of sp³-hybridized carbons (Fsp3) is 0.571. The zero-order valence-electron chi connectivity index (χ0n) is 12.0. The van der Waals surface area contributed by atoms with Gasteiger partial charge in [0.1, 0.15) is 5.52 Å². The number of nitrogens with two attached hydrogens (primary N) is 1. The molecule has 3 heterocycles. The maximum Gasteiger partial charge on any atom is 0.215 e. The summed E-state index contributed by atoms with van der Waals surface area (Å²) in [4.78, 5) is 11.3. The number of nitrogen functional groups attached to an aromatic ring is 1. The first kappa shape index (κ1) is 13.2. The lowest BCUT2D eigenvalue weighted by Crippen LogP contribution is -2.34. The number of pyridine rings is 1. The van der Waals surface area contributed by atoms with Crippen molar-refractivity contribution in [2.45, 2.75) is 32.4 Å². The van der Waals surface area contributed by atoms with Gasteiger partial charge >= 0.3 is 0 Å². The Kier molecular flexibility index (Phi) is 3.48. The van der Waals surface area contributed by atoms with Gasteiger partial charge in [0.25, 0.3) is 0 Å². The number of hydrogen-bond donors (Lipinski definition) is 1. The number of fused-ring (bicyclic) bond motifs is 1. The van der Waals surface area contributed by atoms with Crippen LogP contribution < -0.4 is 10.5 Å². The van der Waals surface area contributed by atoms with E-state index in [1.807, 2.05) is 16.7 Å². The predicted octanol–water partition coefficient (Wildman–Crippen LogP) is 1.51. The van der Waals surface area contributed by atoms with Crippen LogP contribution in [0.5, 0.6) is 5.88 Å². The molecule has 0 bridgehead atoms. The Bertz CT molecular complexity index is 603. The molecule has 1 aliphatic rings. The molecule has 6 nitrogen and oxygen atoms in total. The fourth-order valence-corrected chi connectivity index (χ4v) is 2.86. The van der Waals surface area contributed by atoms with Gasteiger partial charge < -0.3 is 10.5 Å². The summed E-state index contributed by atoms with van der Waals surface area (Å²) in [6.45, 7) is 5.38. The summed E-state index contributed by atoms with van der Waals surface area (Å²) in [6, 6.07) is 4.14. The van der Waals surface area contributed by atoms with Gasteiger partial charge in [-0.15, -0.1) is 0 Å². The third kappa shape index (κ3) is 2.31. The number of nitrogens with zero attached hydrogens (tertiary/aromatic N) is 4. The van der Waals surface area contributed by atoms with Gasteiger partial charge in [0, 0.05) is 18.7 Å². The Labute approximate surface area is 118 Å². The van der Waals surface area contributed by atoms with E-state index in [1.165, 1.54) is 25.9 Å². The monoisotopic (exact) mass is 275 g/mol. The average Bonchev–Trinajstić information content (AvgIpc) is 3.07. The molecule has 1 atom stereocenters. The molecule has 1 aliphatic heterocycles. The van der Waals surface area contributed by atoms with Gasteiger partial charge in [-0.05, 0) is 38.9 Å². The lowest BCUT2D eigenvalue weighted by Gasteiger charge is -2.24. The second-order valence-electron chi connectivity index (χ2n) is 5.37. The molecule has 2 aromatic rings. The van der Waals surface area contributed by atoms with Crippen molar-refractivity contribution in [3.8, 4) is 5.88 Å². The van der Waals surface area contributed by atoms with E-state index < -0.39 is 0 Å². The maximum absolute atomic E-state index is 6.04. The molecule has 6 heteroatoms. The molecule has 0 saturated carbocycles. The Morgan fingerprint density at radius 2 is 2.05 bits per heavy atom. The van der Waals surface area contributed by atoms with Crippen molar-refractivity contribution in [2.75, 3.05) is 25.9 Å². The Hall–Kier alpha value is -1.82. The molecular weight excluding hydrogens is 254 g/mol. The summed E-state index contributed by atoms with van der Waals surface area (Å²) in [7, 11) is 1.62. The van der Waals surface area contributed by atoms with Crippen LogP contribution in [-0.2, 0) is 6.54 Å². The van der Waals surface area contributed by atoms with E-state index in [9.17, 15) is 0 Å². The van der Waals surface area contributed by atoms with E-state index in [2.05, 4.69) is 21.8 Å². The smallest absolute Gasteiger partial charge is 0.215 e. The molecule has 0 spiro atoms. The highest BCUT2D eigenvalue weighted by molar-refractivity contribution is 5.74. The predicted molar refractivity (Wildman–Crippen MR) is 78.8 cm³/mol. The number of methoxy groups -OCH3 is 1. The van der Waals surface area contributed by atoms with Crippen molar-refractivity contribution in [3.05, 3.63) is 12.1 Å². The third-order valence-corrected chi connectivity index (χ3v) is 4.02. The first-order valence-corrected chi connectivity index (χ1v) is 7.10. The second-order valence-corrected chi connectivity index (χ2v) is 5.37. The molecule has 108 valence electrons. The minimum atomic E-state index is 0.435. The zero-order chi connectivity index (χ0) is 14.1. The summed E-state index contributed by atoms with van der Waals surface area (Å²) < 4.78 is 7.17. The first-order valence-electron chi connectivity index (χ1n) is 7.10. The van der Waals surface area contributed by atoms with E-state index in [4.69, 9.17) is 10.5 Å². The van der Waals surface area contributed by atoms with Crippen LogP contribution in [0.25, 0.3) is 11.2 Å². The average molecular weight is 275 g/mol. The molecule has 0 amide bonds. The van der Waals surface area contributed by atoms with E-state index in [1.54, 1.807) is 7.11 Å². The molecule has 0 aromatic carbocycles. The third-order valence-electron chi connectivity index (χ3n) is 4.02. The van der Waals surface area contributed by atoms with E-state index >= 15 is 0 Å². The highest BCUT2D eigenvalue weighted by Crippen LogP contribution is 2.21. The minimum Gasteiger partial charge on any atom is -0.481 e. The lowest BCUT2D eigenvalue weighted by molar-refractivity contribution is 0.238. The number of anilines is 1. The first-order chi connectivity index (χ1) is 9.69. The number of ether oxygens (including phenoxy) is 1. The standard InChI is InChI=1S/C14H21N5O/c1-10(18-7-3-4-8-18)9-19-13-11(16-14(19)15)5-6-12(17-13)20-2/h5-6,10H,3-4,7-9H2,1-2H3,(H2,15,16). The van der Waals surface area contributed by atoms with Gasteiger partial charge in [0.2, 0.25) is 11.8 Å². The number of rotatable bonds is 4. The molecule has 1 saturated heterocycles. The molecule has 0 aliphatic carbocycles.